The first-order chi connectivity index (χ1) is 7.31. The van der Waals surface area contributed by atoms with Crippen molar-refractivity contribution in [1.82, 2.24) is 4.98 Å². The van der Waals surface area contributed by atoms with Crippen LogP contribution in [0.1, 0.15) is 24.8 Å². The highest BCUT2D eigenvalue weighted by atomic mass is 15.2. The molecule has 1 aromatic rings. The largest absolute Gasteiger partial charge is 0.352 e. The van der Waals surface area contributed by atoms with Crippen LogP contribution in [0.3, 0.4) is 0 Å². The summed E-state index contributed by atoms with van der Waals surface area (Å²) in [6, 6.07) is 4.70. The summed E-state index contributed by atoms with van der Waals surface area (Å²) in [5.41, 5.74) is 7.00. The van der Waals surface area contributed by atoms with Gasteiger partial charge in [0.2, 0.25) is 0 Å². The fraction of sp³-hybridized carbons (Fsp3) is 0.583. The minimum Gasteiger partial charge on any atom is -0.352 e. The first-order valence-corrected chi connectivity index (χ1v) is 5.70. The van der Waals surface area contributed by atoms with Crippen molar-refractivity contribution in [1.29, 1.82) is 0 Å². The minimum atomic E-state index is 0.481. The van der Waals surface area contributed by atoms with E-state index in [1.165, 1.54) is 24.8 Å². The van der Waals surface area contributed by atoms with Gasteiger partial charge in [-0.2, -0.15) is 0 Å². The average Bonchev–Trinajstić information content (AvgIpc) is 2.30. The van der Waals surface area contributed by atoms with Crippen LogP contribution in [0.5, 0.6) is 0 Å². The third-order valence-electron chi connectivity index (χ3n) is 3.09. The van der Waals surface area contributed by atoms with Crippen molar-refractivity contribution < 1.29 is 0 Å². The Morgan fingerprint density at radius 1 is 1.47 bits per heavy atom. The van der Waals surface area contributed by atoms with Crippen LogP contribution in [0.25, 0.3) is 0 Å². The number of piperidine rings is 1. The second-order valence-corrected chi connectivity index (χ2v) is 4.27. The molecule has 0 unspecified atom stereocenters. The summed E-state index contributed by atoms with van der Waals surface area (Å²) in [6.45, 7) is 3.89. The Morgan fingerprint density at radius 2 is 2.33 bits per heavy atom. The molecule has 1 atom stereocenters. The number of nitrogens with two attached hydrogens (primary N) is 1. The van der Waals surface area contributed by atoms with Crippen LogP contribution in [0.4, 0.5) is 5.82 Å². The van der Waals surface area contributed by atoms with Crippen LogP contribution in [0.2, 0.25) is 0 Å². The molecule has 1 aliphatic heterocycles. The predicted molar refractivity (Wildman–Crippen MR) is 63.0 cm³/mol. The van der Waals surface area contributed by atoms with E-state index in [4.69, 9.17) is 5.73 Å². The normalized spacial score (nSPS) is 21.7. The van der Waals surface area contributed by atoms with Crippen LogP contribution in [-0.4, -0.2) is 24.1 Å². The molecule has 2 heterocycles. The zero-order chi connectivity index (χ0) is 10.7. The van der Waals surface area contributed by atoms with E-state index in [0.29, 0.717) is 6.04 Å². The Hall–Kier alpha value is -1.09. The zero-order valence-corrected chi connectivity index (χ0v) is 9.32. The summed E-state index contributed by atoms with van der Waals surface area (Å²) < 4.78 is 0. The van der Waals surface area contributed by atoms with Gasteiger partial charge in [-0.05, 0) is 37.8 Å². The fourth-order valence-electron chi connectivity index (χ4n) is 2.18. The molecular weight excluding hydrogens is 186 g/mol. The molecule has 1 fully saturated rings. The van der Waals surface area contributed by atoms with Crippen molar-refractivity contribution in [3.63, 3.8) is 0 Å². The monoisotopic (exact) mass is 205 g/mol. The lowest BCUT2D eigenvalue weighted by molar-refractivity contribution is 0.462. The van der Waals surface area contributed by atoms with E-state index in [1.54, 1.807) is 0 Å². The molecule has 2 rings (SSSR count). The molecule has 0 amide bonds. The molecule has 0 spiro atoms. The van der Waals surface area contributed by atoms with Gasteiger partial charge in [0, 0.05) is 25.3 Å². The lowest BCUT2D eigenvalue weighted by Crippen LogP contribution is -2.44. The van der Waals surface area contributed by atoms with Crippen LogP contribution in [0.15, 0.2) is 18.3 Å². The van der Waals surface area contributed by atoms with Crippen molar-refractivity contribution in [2.75, 3.05) is 18.0 Å². The van der Waals surface area contributed by atoms with Gasteiger partial charge in [0.05, 0.1) is 0 Å². The van der Waals surface area contributed by atoms with Gasteiger partial charge in [0.1, 0.15) is 5.82 Å². The van der Waals surface area contributed by atoms with Crippen LogP contribution in [-0.2, 0) is 0 Å². The first kappa shape index (κ1) is 10.4. The standard InChI is InChI=1S/C12H19N3/c1-10-5-6-12(14-9-10)15-7-3-2-4-11(15)8-13/h5-6,9,11H,2-4,7-8,13H2,1H3/t11-/m0/s1. The van der Waals surface area contributed by atoms with E-state index in [9.17, 15) is 0 Å². The number of hydrogen-bond acceptors (Lipinski definition) is 3. The predicted octanol–water partition coefficient (Wildman–Crippen LogP) is 1.71. The fourth-order valence-corrected chi connectivity index (χ4v) is 2.18. The van der Waals surface area contributed by atoms with Crippen LogP contribution >= 0.6 is 0 Å². The van der Waals surface area contributed by atoms with E-state index < -0.39 is 0 Å². The molecule has 1 aromatic heterocycles. The molecule has 3 heteroatoms. The minimum absolute atomic E-state index is 0.481. The maximum Gasteiger partial charge on any atom is 0.128 e. The Morgan fingerprint density at radius 3 is 3.00 bits per heavy atom. The Bertz CT molecular complexity index is 307. The molecular formula is C12H19N3. The second-order valence-electron chi connectivity index (χ2n) is 4.27. The molecule has 1 saturated heterocycles. The summed E-state index contributed by atoms with van der Waals surface area (Å²) in [7, 11) is 0. The third-order valence-corrected chi connectivity index (χ3v) is 3.09. The lowest BCUT2D eigenvalue weighted by Gasteiger charge is -2.36. The number of hydrogen-bond donors (Lipinski definition) is 1. The highest BCUT2D eigenvalue weighted by Gasteiger charge is 2.21. The summed E-state index contributed by atoms with van der Waals surface area (Å²) in [4.78, 5) is 6.82. The smallest absolute Gasteiger partial charge is 0.128 e. The van der Waals surface area contributed by atoms with Gasteiger partial charge in [-0.25, -0.2) is 4.98 Å². The van der Waals surface area contributed by atoms with E-state index in [1.807, 2.05) is 6.20 Å². The van der Waals surface area contributed by atoms with E-state index >= 15 is 0 Å². The highest BCUT2D eigenvalue weighted by Crippen LogP contribution is 2.22. The van der Waals surface area contributed by atoms with E-state index in [2.05, 4.69) is 28.9 Å². The Balaban J connectivity index is 2.16. The maximum atomic E-state index is 5.79. The van der Waals surface area contributed by atoms with Gasteiger partial charge < -0.3 is 10.6 Å². The number of aryl methyl sites for hydroxylation is 1. The Kier molecular flexibility index (Phi) is 3.21. The first-order valence-electron chi connectivity index (χ1n) is 5.70. The summed E-state index contributed by atoms with van der Waals surface area (Å²) in [6.07, 6.45) is 5.68. The molecule has 0 aliphatic carbocycles. The Labute approximate surface area is 91.3 Å². The number of aromatic nitrogens is 1. The van der Waals surface area contributed by atoms with Gasteiger partial charge in [-0.15, -0.1) is 0 Å². The molecule has 0 saturated carbocycles. The summed E-state index contributed by atoms with van der Waals surface area (Å²) in [5, 5.41) is 0. The van der Waals surface area contributed by atoms with Gasteiger partial charge in [-0.3, -0.25) is 0 Å². The lowest BCUT2D eigenvalue weighted by atomic mass is 10.0. The maximum absolute atomic E-state index is 5.79. The van der Waals surface area contributed by atoms with Gasteiger partial charge in [-0.1, -0.05) is 6.07 Å². The SMILES string of the molecule is Cc1ccc(N2CCCC[C@H]2CN)nc1. The summed E-state index contributed by atoms with van der Waals surface area (Å²) in [5.74, 6) is 1.08. The molecule has 1 aliphatic rings. The number of nitrogens with zero attached hydrogens (tertiary/aromatic N) is 2. The number of anilines is 1. The second kappa shape index (κ2) is 4.62. The molecule has 3 nitrogen and oxygen atoms in total. The van der Waals surface area contributed by atoms with Crippen LogP contribution < -0.4 is 10.6 Å². The van der Waals surface area contributed by atoms with Gasteiger partial charge in [0.15, 0.2) is 0 Å². The zero-order valence-electron chi connectivity index (χ0n) is 9.32. The van der Waals surface area contributed by atoms with Crippen molar-refractivity contribution in [3.8, 4) is 0 Å². The topological polar surface area (TPSA) is 42.1 Å². The molecule has 0 radical (unpaired) electrons. The van der Waals surface area contributed by atoms with Crippen molar-refractivity contribution in [3.05, 3.63) is 23.9 Å². The third kappa shape index (κ3) is 2.29. The van der Waals surface area contributed by atoms with Crippen molar-refractivity contribution in [2.45, 2.75) is 32.2 Å². The van der Waals surface area contributed by atoms with Crippen LogP contribution in [0, 0.1) is 6.92 Å². The number of rotatable bonds is 2. The van der Waals surface area contributed by atoms with E-state index in [-0.39, 0.29) is 0 Å². The molecule has 0 bridgehead atoms. The van der Waals surface area contributed by atoms with Gasteiger partial charge >= 0.3 is 0 Å². The van der Waals surface area contributed by atoms with Crippen molar-refractivity contribution in [2.24, 2.45) is 5.73 Å². The molecule has 2 N–H and O–H groups in total. The quantitative estimate of drug-likeness (QED) is 0.799. The molecule has 0 aromatic carbocycles. The molecule has 15 heavy (non-hydrogen) atoms. The number of pyridine rings is 1. The molecule has 82 valence electrons. The summed E-state index contributed by atoms with van der Waals surface area (Å²) >= 11 is 0. The van der Waals surface area contributed by atoms with Crippen molar-refractivity contribution >= 4 is 5.82 Å². The average molecular weight is 205 g/mol. The highest BCUT2D eigenvalue weighted by molar-refractivity contribution is 5.41. The van der Waals surface area contributed by atoms with Gasteiger partial charge in [0.25, 0.3) is 0 Å². The van der Waals surface area contributed by atoms with E-state index in [0.717, 1.165) is 18.9 Å².